The number of thiol groups is 1. The molecule has 0 aromatic heterocycles. The van der Waals surface area contributed by atoms with Crippen molar-refractivity contribution in [3.63, 3.8) is 0 Å². The van der Waals surface area contributed by atoms with Gasteiger partial charge in [0.05, 0.1) is 0 Å². The molecule has 0 saturated heterocycles. The summed E-state index contributed by atoms with van der Waals surface area (Å²) < 4.78 is 21.4. The Bertz CT molecular complexity index is 1130. The molecule has 358 valence electrons. The van der Waals surface area contributed by atoms with E-state index < -0.39 is 22.4 Å². The summed E-state index contributed by atoms with van der Waals surface area (Å²) in [5.74, 6) is 3.50. The molecule has 0 bridgehead atoms. The van der Waals surface area contributed by atoms with Gasteiger partial charge in [0.15, 0.2) is 5.12 Å². The third-order valence-corrected chi connectivity index (χ3v) is 10.8. The molecule has 0 fully saturated rings. The number of ether oxygens (including phenoxy) is 4. The van der Waals surface area contributed by atoms with E-state index in [0.29, 0.717) is 45.8 Å². The molecule has 17 heteroatoms. The standard InChI is InChI=1S/C20H40N2O4S2.C12H23NO3S.C10H21NO2S.CH4/c1-9-21(17(23)25-19(3,4)5)13-11-15-27-28-16-12-14-22(10-2)18(24)26-20(6,7)8;1-6-13(8-7-9-17-10(2)14)11(15)16-12(3,4)5;1-5-11(7-6-8-14)9(12)13-10(2,3)4;/h9-16H2,1-8H3;6-9H2,1-5H3;14H,5-8H2,1-4H3;1H4. The lowest BCUT2D eigenvalue weighted by Crippen LogP contribution is -2.37. The molecule has 0 heterocycles. The van der Waals surface area contributed by atoms with Crippen LogP contribution in [0.3, 0.4) is 0 Å². The van der Waals surface area contributed by atoms with Gasteiger partial charge < -0.3 is 38.5 Å². The number of carbonyl (C=O) groups excluding carboxylic acids is 5. The molecule has 0 aromatic carbocycles. The van der Waals surface area contributed by atoms with Crippen molar-refractivity contribution >= 4 is 75.5 Å². The van der Waals surface area contributed by atoms with Crippen molar-refractivity contribution in [1.29, 1.82) is 0 Å². The highest BCUT2D eigenvalue weighted by molar-refractivity contribution is 8.76. The number of nitrogens with zero attached hydrogens (tertiary/aromatic N) is 4. The first-order chi connectivity index (χ1) is 27.1. The monoisotopic (exact) mass is 933 g/mol. The van der Waals surface area contributed by atoms with E-state index in [4.69, 9.17) is 18.9 Å². The van der Waals surface area contributed by atoms with Crippen LogP contribution in [0.4, 0.5) is 19.2 Å². The second-order valence-corrected chi connectivity index (χ2v) is 21.8. The summed E-state index contributed by atoms with van der Waals surface area (Å²) in [5, 5.41) is 0.116. The number of thioether (sulfide) groups is 1. The number of carbonyl (C=O) groups is 5. The van der Waals surface area contributed by atoms with Gasteiger partial charge in [-0.2, -0.15) is 12.6 Å². The van der Waals surface area contributed by atoms with Crippen LogP contribution in [0.5, 0.6) is 0 Å². The highest BCUT2D eigenvalue weighted by Gasteiger charge is 2.23. The molecular weight excluding hydrogens is 845 g/mol. The first-order valence-electron chi connectivity index (χ1n) is 21.0. The normalized spacial score (nSPS) is 11.3. The Hall–Kier alpha value is -1.85. The second kappa shape index (κ2) is 34.6. The minimum atomic E-state index is -0.460. The lowest BCUT2D eigenvalue weighted by molar-refractivity contribution is -0.109. The van der Waals surface area contributed by atoms with Crippen LogP contribution >= 0.6 is 46.0 Å². The summed E-state index contributed by atoms with van der Waals surface area (Å²) in [6.07, 6.45) is 2.57. The van der Waals surface area contributed by atoms with Gasteiger partial charge in [-0.25, -0.2) is 19.2 Å². The summed E-state index contributed by atoms with van der Waals surface area (Å²) in [4.78, 5) is 65.1. The number of rotatable bonds is 20. The lowest BCUT2D eigenvalue weighted by Gasteiger charge is -2.26. The number of amides is 4. The Morgan fingerprint density at radius 3 is 0.883 bits per heavy atom. The highest BCUT2D eigenvalue weighted by Crippen LogP contribution is 2.23. The van der Waals surface area contributed by atoms with Crippen molar-refractivity contribution in [1.82, 2.24) is 19.6 Å². The summed E-state index contributed by atoms with van der Waals surface area (Å²) in [7, 11) is 3.62. The predicted octanol–water partition coefficient (Wildman–Crippen LogP) is 11.8. The van der Waals surface area contributed by atoms with E-state index in [1.165, 1.54) is 11.8 Å². The van der Waals surface area contributed by atoms with Crippen LogP contribution in [0.1, 0.15) is 151 Å². The second-order valence-electron chi connectivity index (χ2n) is 17.4. The first kappa shape index (κ1) is 64.8. The fourth-order valence-electron chi connectivity index (χ4n) is 4.30. The van der Waals surface area contributed by atoms with Crippen LogP contribution < -0.4 is 0 Å². The molecular formula is C43H88N4O9S4. The van der Waals surface area contributed by atoms with E-state index in [1.807, 2.05) is 132 Å². The summed E-state index contributed by atoms with van der Waals surface area (Å²) in [6.45, 7) is 37.2. The average Bonchev–Trinajstić information content (AvgIpc) is 3.07. The first-order valence-corrected chi connectivity index (χ1v) is 25.1. The topological polar surface area (TPSA) is 135 Å². The Balaban J connectivity index is -0.000000420. The maximum Gasteiger partial charge on any atom is 0.410 e. The lowest BCUT2D eigenvalue weighted by atomic mass is 10.2. The Morgan fingerprint density at radius 2 is 0.683 bits per heavy atom. The van der Waals surface area contributed by atoms with E-state index in [1.54, 1.807) is 26.5 Å². The van der Waals surface area contributed by atoms with Gasteiger partial charge in [-0.3, -0.25) is 4.79 Å². The van der Waals surface area contributed by atoms with E-state index in [0.717, 1.165) is 55.2 Å². The van der Waals surface area contributed by atoms with Crippen molar-refractivity contribution in [3.05, 3.63) is 0 Å². The molecule has 0 aliphatic rings. The zero-order valence-electron chi connectivity index (χ0n) is 39.9. The molecule has 4 amide bonds. The summed E-state index contributed by atoms with van der Waals surface area (Å²) >= 11 is 5.40. The van der Waals surface area contributed by atoms with Crippen molar-refractivity contribution in [2.75, 3.05) is 75.4 Å². The predicted molar refractivity (Wildman–Crippen MR) is 261 cm³/mol. The zero-order valence-corrected chi connectivity index (χ0v) is 43.3. The van der Waals surface area contributed by atoms with E-state index in [-0.39, 0.29) is 36.9 Å². The van der Waals surface area contributed by atoms with Crippen LogP contribution in [0.25, 0.3) is 0 Å². The third-order valence-electron chi connectivity index (χ3n) is 6.99. The van der Waals surface area contributed by atoms with E-state index >= 15 is 0 Å². The SMILES string of the molecule is C.CCN(CCCS)C(=O)OC(C)(C)C.CCN(CCCSC(C)=O)C(=O)OC(C)(C)C.CCN(CCCSSCCCN(CC)C(=O)OC(C)(C)C)C(=O)OC(C)(C)C. The van der Waals surface area contributed by atoms with Crippen molar-refractivity contribution in [2.45, 2.75) is 173 Å². The molecule has 0 saturated carbocycles. The number of hydrogen-bond donors (Lipinski definition) is 1. The molecule has 0 spiro atoms. The number of hydrogen-bond acceptors (Lipinski definition) is 13. The van der Waals surface area contributed by atoms with Gasteiger partial charge in [-0.05, 0) is 142 Å². The fourth-order valence-corrected chi connectivity index (χ4v) is 7.15. The largest absolute Gasteiger partial charge is 0.444 e. The minimum Gasteiger partial charge on any atom is -0.444 e. The van der Waals surface area contributed by atoms with Crippen LogP contribution in [0.2, 0.25) is 0 Å². The van der Waals surface area contributed by atoms with Gasteiger partial charge in [-0.1, -0.05) is 40.8 Å². The molecule has 0 aromatic rings. The zero-order chi connectivity index (χ0) is 46.5. The Labute approximate surface area is 384 Å². The van der Waals surface area contributed by atoms with Gasteiger partial charge in [0.2, 0.25) is 0 Å². The van der Waals surface area contributed by atoms with Crippen molar-refractivity contribution in [2.24, 2.45) is 0 Å². The average molecular weight is 933 g/mol. The van der Waals surface area contributed by atoms with Gasteiger partial charge in [0.1, 0.15) is 22.4 Å². The minimum absolute atomic E-state index is 0. The van der Waals surface area contributed by atoms with Crippen LogP contribution in [-0.2, 0) is 23.7 Å². The van der Waals surface area contributed by atoms with Crippen molar-refractivity contribution < 1.29 is 42.9 Å². The summed E-state index contributed by atoms with van der Waals surface area (Å²) in [5.41, 5.74) is -1.79. The van der Waals surface area contributed by atoms with Gasteiger partial charge in [0, 0.05) is 76.5 Å². The van der Waals surface area contributed by atoms with Gasteiger partial charge in [0.25, 0.3) is 0 Å². The molecule has 0 aliphatic carbocycles. The molecule has 0 atom stereocenters. The Morgan fingerprint density at radius 1 is 0.450 bits per heavy atom. The van der Waals surface area contributed by atoms with Crippen molar-refractivity contribution in [3.8, 4) is 0 Å². The highest BCUT2D eigenvalue weighted by atomic mass is 33.1. The molecule has 0 aliphatic heterocycles. The maximum atomic E-state index is 12.1. The molecule has 0 rings (SSSR count). The smallest absolute Gasteiger partial charge is 0.410 e. The van der Waals surface area contributed by atoms with Crippen LogP contribution in [-0.4, -0.2) is 147 Å². The molecule has 60 heavy (non-hydrogen) atoms. The molecule has 0 unspecified atom stereocenters. The van der Waals surface area contributed by atoms with E-state index in [9.17, 15) is 24.0 Å². The van der Waals surface area contributed by atoms with Crippen LogP contribution in [0.15, 0.2) is 0 Å². The third kappa shape index (κ3) is 41.5. The summed E-state index contributed by atoms with van der Waals surface area (Å²) in [6, 6.07) is 0. The van der Waals surface area contributed by atoms with Crippen LogP contribution in [0, 0.1) is 0 Å². The molecule has 13 nitrogen and oxygen atoms in total. The van der Waals surface area contributed by atoms with Gasteiger partial charge in [-0.15, -0.1) is 0 Å². The fraction of sp³-hybridized carbons (Fsp3) is 0.884. The van der Waals surface area contributed by atoms with Gasteiger partial charge >= 0.3 is 24.4 Å². The van der Waals surface area contributed by atoms with E-state index in [2.05, 4.69) is 12.6 Å². The molecule has 0 radical (unpaired) electrons. The quantitative estimate of drug-likeness (QED) is 0.0539. The Kier molecular flexibility index (Phi) is 37.4. The molecule has 0 N–H and O–H groups in total. The maximum absolute atomic E-state index is 12.1.